The summed E-state index contributed by atoms with van der Waals surface area (Å²) in [6.45, 7) is 8.54. The molecule has 1 aliphatic rings. The Bertz CT molecular complexity index is 493. The molecule has 116 valence electrons. The highest BCUT2D eigenvalue weighted by molar-refractivity contribution is 5.89. The Morgan fingerprint density at radius 1 is 1.29 bits per heavy atom. The lowest BCUT2D eigenvalue weighted by Gasteiger charge is -2.29. The van der Waals surface area contributed by atoms with E-state index in [0.717, 1.165) is 31.6 Å². The Balaban J connectivity index is 1.94. The summed E-state index contributed by atoms with van der Waals surface area (Å²) in [5, 5.41) is 2.94. The van der Waals surface area contributed by atoms with Crippen LogP contribution in [0.4, 0.5) is 16.2 Å². The minimum Gasteiger partial charge on any atom is -0.399 e. The second kappa shape index (κ2) is 6.37. The van der Waals surface area contributed by atoms with E-state index in [9.17, 15) is 4.79 Å². The fourth-order valence-corrected chi connectivity index (χ4v) is 2.98. The molecule has 3 N–H and O–H groups in total. The highest BCUT2D eigenvalue weighted by Gasteiger charge is 2.28. The monoisotopic (exact) mass is 289 g/mol. The van der Waals surface area contributed by atoms with Crippen LogP contribution in [0.3, 0.4) is 0 Å². The molecule has 1 saturated heterocycles. The predicted molar refractivity (Wildman–Crippen MR) is 88.2 cm³/mol. The van der Waals surface area contributed by atoms with Crippen molar-refractivity contribution in [1.29, 1.82) is 0 Å². The zero-order valence-corrected chi connectivity index (χ0v) is 13.4. The average Bonchev–Trinajstić information content (AvgIpc) is 2.63. The number of carbonyl (C=O) groups excluding carboxylic acids is 1. The minimum absolute atomic E-state index is 0.0184. The topological polar surface area (TPSA) is 58.4 Å². The van der Waals surface area contributed by atoms with Gasteiger partial charge in [0, 0.05) is 24.5 Å². The Labute approximate surface area is 127 Å². The molecule has 2 rings (SSSR count). The standard InChI is InChI=1S/C17H27N3O/c1-17(2,3)13-6-5-10-20(11-9-13)16(21)19-15-8-4-7-14(18)12-15/h4,7-8,12-13H,5-6,9-11,18H2,1-3H3,(H,19,21). The summed E-state index contributed by atoms with van der Waals surface area (Å²) in [6.07, 6.45) is 3.35. The van der Waals surface area contributed by atoms with Crippen molar-refractivity contribution in [3.8, 4) is 0 Å². The van der Waals surface area contributed by atoms with Crippen molar-refractivity contribution < 1.29 is 4.79 Å². The second-order valence-electron chi connectivity index (χ2n) is 7.04. The van der Waals surface area contributed by atoms with Gasteiger partial charge in [0.2, 0.25) is 0 Å². The first-order valence-electron chi connectivity index (χ1n) is 7.78. The van der Waals surface area contributed by atoms with Gasteiger partial charge in [0.05, 0.1) is 0 Å². The van der Waals surface area contributed by atoms with Gasteiger partial charge in [-0.3, -0.25) is 0 Å². The van der Waals surface area contributed by atoms with E-state index in [-0.39, 0.29) is 6.03 Å². The van der Waals surface area contributed by atoms with Gasteiger partial charge in [0.1, 0.15) is 0 Å². The van der Waals surface area contributed by atoms with E-state index in [1.807, 2.05) is 23.1 Å². The van der Waals surface area contributed by atoms with Crippen LogP contribution in [0.5, 0.6) is 0 Å². The number of nitrogen functional groups attached to an aromatic ring is 1. The number of carbonyl (C=O) groups is 1. The number of rotatable bonds is 1. The van der Waals surface area contributed by atoms with E-state index in [1.54, 1.807) is 6.07 Å². The van der Waals surface area contributed by atoms with E-state index in [1.165, 1.54) is 6.42 Å². The van der Waals surface area contributed by atoms with Gasteiger partial charge in [0.25, 0.3) is 0 Å². The fraction of sp³-hybridized carbons (Fsp3) is 0.588. The first kappa shape index (κ1) is 15.7. The number of hydrogen-bond acceptors (Lipinski definition) is 2. The maximum absolute atomic E-state index is 12.4. The van der Waals surface area contributed by atoms with Crippen LogP contribution in [-0.4, -0.2) is 24.0 Å². The lowest BCUT2D eigenvalue weighted by molar-refractivity contribution is 0.200. The normalized spacial score (nSPS) is 20.0. The summed E-state index contributed by atoms with van der Waals surface area (Å²) in [7, 11) is 0. The van der Waals surface area contributed by atoms with Crippen LogP contribution >= 0.6 is 0 Å². The molecule has 0 radical (unpaired) electrons. The van der Waals surface area contributed by atoms with E-state index < -0.39 is 0 Å². The number of urea groups is 1. The third kappa shape index (κ3) is 4.38. The summed E-state index contributed by atoms with van der Waals surface area (Å²) in [5.41, 5.74) is 7.48. The number of nitrogens with one attached hydrogen (secondary N) is 1. The number of nitrogens with zero attached hydrogens (tertiary/aromatic N) is 1. The molecule has 0 spiro atoms. The molecule has 1 aromatic carbocycles. The van der Waals surface area contributed by atoms with Crippen LogP contribution in [0.1, 0.15) is 40.0 Å². The highest BCUT2D eigenvalue weighted by Crippen LogP contribution is 2.34. The van der Waals surface area contributed by atoms with Crippen molar-refractivity contribution in [2.45, 2.75) is 40.0 Å². The molecule has 1 aliphatic heterocycles. The van der Waals surface area contributed by atoms with E-state index in [4.69, 9.17) is 5.73 Å². The van der Waals surface area contributed by atoms with Gasteiger partial charge in [-0.1, -0.05) is 26.8 Å². The second-order valence-corrected chi connectivity index (χ2v) is 7.04. The SMILES string of the molecule is CC(C)(C)C1CCCN(C(=O)Nc2cccc(N)c2)CC1. The van der Waals surface area contributed by atoms with Crippen LogP contribution in [0.25, 0.3) is 0 Å². The molecule has 0 bridgehead atoms. The first-order chi connectivity index (χ1) is 9.86. The van der Waals surface area contributed by atoms with Crippen molar-refractivity contribution in [2.75, 3.05) is 24.1 Å². The fourth-order valence-electron chi connectivity index (χ4n) is 2.98. The van der Waals surface area contributed by atoms with Gasteiger partial charge in [0.15, 0.2) is 0 Å². The van der Waals surface area contributed by atoms with Crippen molar-refractivity contribution >= 4 is 17.4 Å². The molecule has 0 aliphatic carbocycles. The highest BCUT2D eigenvalue weighted by atomic mass is 16.2. The zero-order valence-electron chi connectivity index (χ0n) is 13.4. The largest absolute Gasteiger partial charge is 0.399 e. The van der Waals surface area contributed by atoms with Gasteiger partial charge in [-0.05, 0) is 48.8 Å². The first-order valence-corrected chi connectivity index (χ1v) is 7.78. The lowest BCUT2D eigenvalue weighted by atomic mass is 9.77. The van der Waals surface area contributed by atoms with Crippen LogP contribution in [0, 0.1) is 11.3 Å². The van der Waals surface area contributed by atoms with Crippen molar-refractivity contribution in [3.05, 3.63) is 24.3 Å². The molecule has 1 fully saturated rings. The van der Waals surface area contributed by atoms with Crippen LogP contribution in [0.2, 0.25) is 0 Å². The van der Waals surface area contributed by atoms with Crippen molar-refractivity contribution in [1.82, 2.24) is 4.90 Å². The van der Waals surface area contributed by atoms with Gasteiger partial charge in [-0.25, -0.2) is 4.79 Å². The number of likely N-dealkylation sites (tertiary alicyclic amines) is 1. The summed E-state index contributed by atoms with van der Waals surface area (Å²) >= 11 is 0. The molecule has 0 aromatic heterocycles. The Morgan fingerprint density at radius 2 is 2.05 bits per heavy atom. The number of nitrogens with two attached hydrogens (primary N) is 1. The summed E-state index contributed by atoms with van der Waals surface area (Å²) in [5.74, 6) is 0.683. The molecular formula is C17H27N3O. The molecule has 1 aromatic rings. The molecule has 2 amide bonds. The van der Waals surface area contributed by atoms with Crippen LogP contribution in [0.15, 0.2) is 24.3 Å². The average molecular weight is 289 g/mol. The number of anilines is 2. The number of hydrogen-bond donors (Lipinski definition) is 2. The number of amides is 2. The van der Waals surface area contributed by atoms with Gasteiger partial charge in [-0.15, -0.1) is 0 Å². The summed E-state index contributed by atoms with van der Waals surface area (Å²) in [4.78, 5) is 14.3. The van der Waals surface area contributed by atoms with Crippen molar-refractivity contribution in [2.24, 2.45) is 11.3 Å². The Hall–Kier alpha value is -1.71. The van der Waals surface area contributed by atoms with Gasteiger partial charge >= 0.3 is 6.03 Å². The minimum atomic E-state index is -0.0184. The maximum Gasteiger partial charge on any atom is 0.321 e. The van der Waals surface area contributed by atoms with Crippen LogP contribution in [-0.2, 0) is 0 Å². The third-order valence-electron chi connectivity index (χ3n) is 4.38. The summed E-state index contributed by atoms with van der Waals surface area (Å²) in [6, 6.07) is 7.30. The molecule has 0 saturated carbocycles. The van der Waals surface area contributed by atoms with E-state index in [0.29, 0.717) is 17.0 Å². The molecule has 4 heteroatoms. The third-order valence-corrected chi connectivity index (χ3v) is 4.38. The Kier molecular flexibility index (Phi) is 4.76. The summed E-state index contributed by atoms with van der Waals surface area (Å²) < 4.78 is 0. The van der Waals surface area contributed by atoms with Gasteiger partial charge in [-0.2, -0.15) is 0 Å². The van der Waals surface area contributed by atoms with Gasteiger partial charge < -0.3 is 16.0 Å². The molecule has 21 heavy (non-hydrogen) atoms. The number of benzene rings is 1. The lowest BCUT2D eigenvalue weighted by Crippen LogP contribution is -2.36. The maximum atomic E-state index is 12.4. The quantitative estimate of drug-likeness (QED) is 0.769. The molecule has 4 nitrogen and oxygen atoms in total. The Morgan fingerprint density at radius 3 is 2.71 bits per heavy atom. The predicted octanol–water partition coefficient (Wildman–Crippen LogP) is 3.95. The smallest absolute Gasteiger partial charge is 0.321 e. The van der Waals surface area contributed by atoms with Crippen molar-refractivity contribution in [3.63, 3.8) is 0 Å². The molecule has 1 atom stereocenters. The molecular weight excluding hydrogens is 262 g/mol. The van der Waals surface area contributed by atoms with Crippen LogP contribution < -0.4 is 11.1 Å². The molecule has 1 unspecified atom stereocenters. The van der Waals surface area contributed by atoms with E-state index >= 15 is 0 Å². The zero-order chi connectivity index (χ0) is 15.5. The molecule has 1 heterocycles. The van der Waals surface area contributed by atoms with E-state index in [2.05, 4.69) is 26.1 Å².